The summed E-state index contributed by atoms with van der Waals surface area (Å²) < 4.78 is 5.44. The fourth-order valence-corrected chi connectivity index (χ4v) is 2.88. The van der Waals surface area contributed by atoms with E-state index >= 15 is 0 Å². The summed E-state index contributed by atoms with van der Waals surface area (Å²) in [4.78, 5) is 11.4. The number of carbonyl (C=O) groups is 1. The maximum Gasteiger partial charge on any atom is 0.407 e. The molecule has 2 saturated carbocycles. The number of ether oxygens (including phenoxy) is 1. The summed E-state index contributed by atoms with van der Waals surface area (Å²) in [6.07, 6.45) is 7.14. The second-order valence-corrected chi connectivity index (χ2v) is 4.90. The van der Waals surface area contributed by atoms with Gasteiger partial charge in [0.05, 0.1) is 0 Å². The molecular weight excluding hydrogens is 190 g/mol. The van der Waals surface area contributed by atoms with Gasteiger partial charge in [-0.2, -0.15) is 0 Å². The van der Waals surface area contributed by atoms with Crippen molar-refractivity contribution >= 4 is 6.09 Å². The molecule has 86 valence electrons. The average Bonchev–Trinajstić information content (AvgIpc) is 2.79. The molecule has 2 aliphatic rings. The van der Waals surface area contributed by atoms with Gasteiger partial charge in [-0.15, -0.1) is 0 Å². The number of hydrogen-bond acceptors (Lipinski definition) is 2. The minimum atomic E-state index is -0.207. The largest absolute Gasteiger partial charge is 0.446 e. The van der Waals surface area contributed by atoms with Crippen molar-refractivity contribution in [2.45, 2.75) is 51.6 Å². The van der Waals surface area contributed by atoms with Gasteiger partial charge in [-0.25, -0.2) is 4.79 Å². The van der Waals surface area contributed by atoms with E-state index < -0.39 is 0 Å². The van der Waals surface area contributed by atoms with Gasteiger partial charge in [0, 0.05) is 6.54 Å². The summed E-state index contributed by atoms with van der Waals surface area (Å²) in [5, 5.41) is 2.81. The molecule has 0 aromatic rings. The maximum atomic E-state index is 11.4. The third-order valence-corrected chi connectivity index (χ3v) is 3.73. The summed E-state index contributed by atoms with van der Waals surface area (Å²) in [6, 6.07) is 0. The molecule has 1 N–H and O–H groups in total. The fraction of sp³-hybridized carbons (Fsp3) is 0.917. The summed E-state index contributed by atoms with van der Waals surface area (Å²) in [5.74, 6) is 1.50. The highest BCUT2D eigenvalue weighted by Gasteiger charge is 2.41. The zero-order valence-corrected chi connectivity index (χ0v) is 9.50. The highest BCUT2D eigenvalue weighted by atomic mass is 16.6. The lowest BCUT2D eigenvalue weighted by atomic mass is 9.98. The monoisotopic (exact) mass is 211 g/mol. The van der Waals surface area contributed by atoms with Crippen LogP contribution in [0.15, 0.2) is 0 Å². The SMILES string of the molecule is CCCCNC(=O)O[C@@H]1CC2CCC1C2. The maximum absolute atomic E-state index is 11.4. The normalized spacial score (nSPS) is 33.0. The highest BCUT2D eigenvalue weighted by molar-refractivity contribution is 5.67. The average molecular weight is 211 g/mol. The van der Waals surface area contributed by atoms with Gasteiger partial charge in [-0.3, -0.25) is 0 Å². The first-order valence-corrected chi connectivity index (χ1v) is 6.24. The van der Waals surface area contributed by atoms with Gasteiger partial charge in [-0.1, -0.05) is 13.3 Å². The topological polar surface area (TPSA) is 38.3 Å². The predicted molar refractivity (Wildman–Crippen MR) is 58.6 cm³/mol. The quantitative estimate of drug-likeness (QED) is 0.726. The van der Waals surface area contributed by atoms with Crippen molar-refractivity contribution in [3.63, 3.8) is 0 Å². The van der Waals surface area contributed by atoms with Crippen LogP contribution in [0.4, 0.5) is 4.79 Å². The van der Waals surface area contributed by atoms with Crippen molar-refractivity contribution in [3.8, 4) is 0 Å². The molecule has 2 aliphatic carbocycles. The second kappa shape index (κ2) is 4.86. The molecule has 2 unspecified atom stereocenters. The number of alkyl carbamates (subject to hydrolysis) is 1. The van der Waals surface area contributed by atoms with Crippen molar-refractivity contribution < 1.29 is 9.53 Å². The van der Waals surface area contributed by atoms with Crippen LogP contribution < -0.4 is 5.32 Å². The molecule has 0 heterocycles. The second-order valence-electron chi connectivity index (χ2n) is 4.90. The lowest BCUT2D eigenvalue weighted by Gasteiger charge is -2.21. The molecule has 0 aliphatic heterocycles. The van der Waals surface area contributed by atoms with Crippen molar-refractivity contribution in [2.24, 2.45) is 11.8 Å². The van der Waals surface area contributed by atoms with Crippen molar-refractivity contribution in [1.82, 2.24) is 5.32 Å². The minimum Gasteiger partial charge on any atom is -0.446 e. The molecule has 0 saturated heterocycles. The molecule has 3 nitrogen and oxygen atoms in total. The van der Waals surface area contributed by atoms with Gasteiger partial charge < -0.3 is 10.1 Å². The van der Waals surface area contributed by atoms with Crippen molar-refractivity contribution in [2.75, 3.05) is 6.54 Å². The zero-order chi connectivity index (χ0) is 10.7. The Morgan fingerprint density at radius 1 is 1.40 bits per heavy atom. The fourth-order valence-electron chi connectivity index (χ4n) is 2.88. The summed E-state index contributed by atoms with van der Waals surface area (Å²) >= 11 is 0. The molecule has 0 aromatic carbocycles. The zero-order valence-electron chi connectivity index (χ0n) is 9.50. The number of rotatable bonds is 4. The van der Waals surface area contributed by atoms with E-state index in [9.17, 15) is 4.79 Å². The van der Waals surface area contributed by atoms with E-state index in [2.05, 4.69) is 12.2 Å². The first kappa shape index (κ1) is 10.8. The first-order chi connectivity index (χ1) is 7.29. The molecule has 15 heavy (non-hydrogen) atoms. The Balaban J connectivity index is 1.66. The smallest absolute Gasteiger partial charge is 0.407 e. The van der Waals surface area contributed by atoms with E-state index in [4.69, 9.17) is 4.74 Å². The van der Waals surface area contributed by atoms with E-state index in [-0.39, 0.29) is 12.2 Å². The molecule has 2 rings (SSSR count). The van der Waals surface area contributed by atoms with Crippen LogP contribution in [0.25, 0.3) is 0 Å². The Hall–Kier alpha value is -0.730. The molecule has 0 radical (unpaired) electrons. The summed E-state index contributed by atoms with van der Waals surface area (Å²) in [5.41, 5.74) is 0. The molecular formula is C12H21NO2. The molecule has 0 spiro atoms. The Labute approximate surface area is 91.6 Å². The van der Waals surface area contributed by atoms with Crippen LogP contribution in [0.3, 0.4) is 0 Å². The van der Waals surface area contributed by atoms with Crippen LogP contribution >= 0.6 is 0 Å². The van der Waals surface area contributed by atoms with E-state index in [1.807, 2.05) is 0 Å². The number of unbranched alkanes of at least 4 members (excludes halogenated alkanes) is 1. The molecule has 2 fully saturated rings. The molecule has 3 atom stereocenters. The van der Waals surface area contributed by atoms with Gasteiger partial charge in [0.1, 0.15) is 6.10 Å². The van der Waals surface area contributed by atoms with Crippen LogP contribution in [0, 0.1) is 11.8 Å². The Morgan fingerprint density at radius 2 is 2.27 bits per heavy atom. The van der Waals surface area contributed by atoms with E-state index in [0.717, 1.165) is 31.7 Å². The van der Waals surface area contributed by atoms with Gasteiger partial charge in [-0.05, 0) is 43.9 Å². The number of nitrogens with one attached hydrogen (secondary N) is 1. The Morgan fingerprint density at radius 3 is 2.87 bits per heavy atom. The van der Waals surface area contributed by atoms with Gasteiger partial charge in [0.2, 0.25) is 0 Å². The Bertz CT molecular complexity index is 230. The molecule has 0 aromatic heterocycles. The number of amides is 1. The number of fused-ring (bicyclic) bond motifs is 2. The van der Waals surface area contributed by atoms with E-state index in [0.29, 0.717) is 5.92 Å². The number of hydrogen-bond donors (Lipinski definition) is 1. The van der Waals surface area contributed by atoms with Crippen molar-refractivity contribution in [1.29, 1.82) is 0 Å². The summed E-state index contributed by atoms with van der Waals surface area (Å²) in [7, 11) is 0. The molecule has 3 heteroatoms. The van der Waals surface area contributed by atoms with Gasteiger partial charge in [0.25, 0.3) is 0 Å². The predicted octanol–water partition coefficient (Wildman–Crippen LogP) is 2.70. The van der Waals surface area contributed by atoms with Crippen LogP contribution in [-0.2, 0) is 4.74 Å². The minimum absolute atomic E-state index is 0.207. The third kappa shape index (κ3) is 2.64. The van der Waals surface area contributed by atoms with E-state index in [1.165, 1.54) is 19.3 Å². The van der Waals surface area contributed by atoms with Crippen LogP contribution in [0.5, 0.6) is 0 Å². The standard InChI is InChI=1S/C12H21NO2/c1-2-3-6-13-12(14)15-11-8-9-4-5-10(11)7-9/h9-11H,2-8H2,1H3,(H,13,14)/t9?,10?,11-/m1/s1. The molecule has 1 amide bonds. The lowest BCUT2D eigenvalue weighted by Crippen LogP contribution is -2.32. The van der Waals surface area contributed by atoms with Gasteiger partial charge in [0.15, 0.2) is 0 Å². The van der Waals surface area contributed by atoms with Crippen LogP contribution in [-0.4, -0.2) is 18.7 Å². The van der Waals surface area contributed by atoms with Crippen LogP contribution in [0.1, 0.15) is 45.4 Å². The first-order valence-electron chi connectivity index (χ1n) is 6.24. The molecule has 2 bridgehead atoms. The summed E-state index contributed by atoms with van der Waals surface area (Å²) in [6.45, 7) is 2.86. The van der Waals surface area contributed by atoms with Crippen molar-refractivity contribution in [3.05, 3.63) is 0 Å². The Kier molecular flexibility index (Phi) is 3.49. The van der Waals surface area contributed by atoms with Gasteiger partial charge >= 0.3 is 6.09 Å². The van der Waals surface area contributed by atoms with Crippen LogP contribution in [0.2, 0.25) is 0 Å². The number of carbonyl (C=O) groups excluding carboxylic acids is 1. The lowest BCUT2D eigenvalue weighted by molar-refractivity contribution is 0.0650. The highest BCUT2D eigenvalue weighted by Crippen LogP contribution is 2.45. The van der Waals surface area contributed by atoms with E-state index in [1.54, 1.807) is 0 Å². The third-order valence-electron chi connectivity index (χ3n) is 3.73.